The monoisotopic (exact) mass is 325 g/mol. The maximum Gasteiger partial charge on any atom is 0.295 e. The molecule has 23 heavy (non-hydrogen) atoms. The fourth-order valence-electron chi connectivity index (χ4n) is 2.85. The molecule has 1 aliphatic heterocycles. The molecule has 0 saturated carbocycles. The molecule has 0 bridgehead atoms. The third-order valence-corrected chi connectivity index (χ3v) is 4.00. The van der Waals surface area contributed by atoms with Crippen molar-refractivity contribution in [3.8, 4) is 5.75 Å². The molecule has 0 N–H and O–H groups in total. The van der Waals surface area contributed by atoms with Crippen LogP contribution in [0.1, 0.15) is 12.8 Å². The van der Waals surface area contributed by atoms with Gasteiger partial charge in [0.15, 0.2) is 11.6 Å². The highest BCUT2D eigenvalue weighted by molar-refractivity contribution is 5.79. The van der Waals surface area contributed by atoms with Crippen molar-refractivity contribution in [1.82, 2.24) is 4.90 Å². The van der Waals surface area contributed by atoms with Crippen LogP contribution in [-0.4, -0.2) is 50.0 Å². The molecule has 0 spiro atoms. The van der Waals surface area contributed by atoms with Gasteiger partial charge >= 0.3 is 0 Å². The molecule has 1 aliphatic rings. The molecule has 1 aromatic rings. The van der Waals surface area contributed by atoms with Gasteiger partial charge in [-0.15, -0.1) is 0 Å². The number of hydrogen-bond donors (Lipinski definition) is 0. The fourth-order valence-corrected chi connectivity index (χ4v) is 2.85. The number of benzene rings is 1. The van der Waals surface area contributed by atoms with Gasteiger partial charge < -0.3 is 14.5 Å². The van der Waals surface area contributed by atoms with Crippen molar-refractivity contribution in [2.24, 2.45) is 5.92 Å². The summed E-state index contributed by atoms with van der Waals surface area (Å²) in [4.78, 5) is 26.1. The first-order valence-electron chi connectivity index (χ1n) is 7.33. The minimum atomic E-state index is -0.777. The number of carbonyl (C=O) groups excluding carboxylic acids is 1. The van der Waals surface area contributed by atoms with Gasteiger partial charge in [0.2, 0.25) is 5.91 Å². The van der Waals surface area contributed by atoms with Crippen LogP contribution in [-0.2, 0) is 4.79 Å². The third kappa shape index (κ3) is 3.52. The van der Waals surface area contributed by atoms with E-state index < -0.39 is 10.7 Å². The van der Waals surface area contributed by atoms with Crippen molar-refractivity contribution in [3.63, 3.8) is 0 Å². The molecule has 7 nitrogen and oxygen atoms in total. The Labute approximate surface area is 133 Å². The second kappa shape index (κ2) is 6.80. The average molecular weight is 325 g/mol. The van der Waals surface area contributed by atoms with Crippen LogP contribution in [0.25, 0.3) is 0 Å². The van der Waals surface area contributed by atoms with Crippen LogP contribution in [0.15, 0.2) is 12.1 Å². The molecule has 0 aliphatic carbocycles. The molecule has 1 saturated heterocycles. The molecule has 8 heteroatoms. The summed E-state index contributed by atoms with van der Waals surface area (Å²) in [5, 5.41) is 11.2. The molecule has 1 heterocycles. The number of methoxy groups -OCH3 is 1. The number of rotatable bonds is 4. The van der Waals surface area contributed by atoms with Crippen molar-refractivity contribution < 1.29 is 18.8 Å². The van der Waals surface area contributed by atoms with E-state index in [1.54, 1.807) is 19.0 Å². The maximum atomic E-state index is 13.8. The molecule has 126 valence electrons. The predicted octanol–water partition coefficient (Wildman–Crippen LogP) is 2.05. The number of anilines is 1. The van der Waals surface area contributed by atoms with E-state index in [0.29, 0.717) is 13.1 Å². The Hall–Kier alpha value is -2.38. The summed E-state index contributed by atoms with van der Waals surface area (Å²) in [5.41, 5.74) is -0.0363. The Kier molecular flexibility index (Phi) is 5.02. The Morgan fingerprint density at radius 1 is 1.48 bits per heavy atom. The molecule has 1 aromatic carbocycles. The molecular weight excluding hydrogens is 305 g/mol. The summed E-state index contributed by atoms with van der Waals surface area (Å²) in [7, 11) is 4.68. The topological polar surface area (TPSA) is 75.9 Å². The van der Waals surface area contributed by atoms with E-state index in [2.05, 4.69) is 0 Å². The van der Waals surface area contributed by atoms with Crippen LogP contribution in [0.3, 0.4) is 0 Å². The Morgan fingerprint density at radius 3 is 2.74 bits per heavy atom. The number of amides is 1. The Balaban J connectivity index is 2.36. The maximum absolute atomic E-state index is 13.8. The van der Waals surface area contributed by atoms with Gasteiger partial charge in [-0.1, -0.05) is 0 Å². The number of nitrogens with zero attached hydrogens (tertiary/aromatic N) is 3. The van der Waals surface area contributed by atoms with Gasteiger partial charge in [0.1, 0.15) is 5.69 Å². The van der Waals surface area contributed by atoms with Crippen molar-refractivity contribution in [3.05, 3.63) is 28.1 Å². The van der Waals surface area contributed by atoms with Crippen LogP contribution < -0.4 is 9.64 Å². The first kappa shape index (κ1) is 17.0. The first-order valence-corrected chi connectivity index (χ1v) is 7.33. The Bertz CT molecular complexity index is 621. The summed E-state index contributed by atoms with van der Waals surface area (Å²) in [6.45, 7) is 0.944. The zero-order valence-electron chi connectivity index (χ0n) is 13.4. The molecule has 1 atom stereocenters. The average Bonchev–Trinajstić information content (AvgIpc) is 2.53. The summed E-state index contributed by atoms with van der Waals surface area (Å²) in [6.07, 6.45) is 1.47. The van der Waals surface area contributed by atoms with E-state index in [1.807, 2.05) is 0 Å². The van der Waals surface area contributed by atoms with E-state index in [4.69, 9.17) is 4.74 Å². The SMILES string of the molecule is COc1cc(N2CCCC(C(=O)N(C)C)C2)c([N+](=O)[O-])cc1F. The van der Waals surface area contributed by atoms with Crippen LogP contribution in [0.5, 0.6) is 5.75 Å². The molecular formula is C15H20FN3O4. The van der Waals surface area contributed by atoms with E-state index >= 15 is 0 Å². The van der Waals surface area contributed by atoms with Gasteiger partial charge in [0, 0.05) is 33.3 Å². The number of carbonyl (C=O) groups is 1. The lowest BCUT2D eigenvalue weighted by Crippen LogP contribution is -2.42. The summed E-state index contributed by atoms with van der Waals surface area (Å²) in [5.74, 6) is -1.06. The van der Waals surface area contributed by atoms with Gasteiger partial charge in [-0.3, -0.25) is 14.9 Å². The standard InChI is InChI=1S/C15H20FN3O4/c1-17(2)15(20)10-5-4-6-18(9-10)12-8-14(23-3)11(16)7-13(12)19(21)22/h7-8,10H,4-6,9H2,1-3H3. The van der Waals surface area contributed by atoms with E-state index in [0.717, 1.165) is 18.9 Å². The lowest BCUT2D eigenvalue weighted by molar-refractivity contribution is -0.384. The predicted molar refractivity (Wildman–Crippen MR) is 83.2 cm³/mol. The van der Waals surface area contributed by atoms with Crippen molar-refractivity contribution >= 4 is 17.3 Å². The highest BCUT2D eigenvalue weighted by Crippen LogP contribution is 2.36. The molecule has 1 unspecified atom stereocenters. The minimum absolute atomic E-state index is 0.00794. The van der Waals surface area contributed by atoms with Gasteiger partial charge in [-0.05, 0) is 12.8 Å². The van der Waals surface area contributed by atoms with E-state index in [1.165, 1.54) is 18.1 Å². The highest BCUT2D eigenvalue weighted by atomic mass is 19.1. The molecule has 0 aromatic heterocycles. The lowest BCUT2D eigenvalue weighted by Gasteiger charge is -2.34. The number of hydrogen-bond acceptors (Lipinski definition) is 5. The van der Waals surface area contributed by atoms with E-state index in [-0.39, 0.29) is 28.9 Å². The highest BCUT2D eigenvalue weighted by Gasteiger charge is 2.31. The smallest absolute Gasteiger partial charge is 0.295 e. The quantitative estimate of drug-likeness (QED) is 0.625. The third-order valence-electron chi connectivity index (χ3n) is 4.00. The van der Waals surface area contributed by atoms with Crippen LogP contribution >= 0.6 is 0 Å². The van der Waals surface area contributed by atoms with Crippen LogP contribution in [0.2, 0.25) is 0 Å². The number of piperidine rings is 1. The summed E-state index contributed by atoms with van der Waals surface area (Å²) >= 11 is 0. The molecule has 1 fully saturated rings. The van der Waals surface area contributed by atoms with Gasteiger partial charge in [-0.25, -0.2) is 4.39 Å². The number of nitro groups is 1. The first-order chi connectivity index (χ1) is 10.8. The zero-order chi connectivity index (χ0) is 17.1. The second-order valence-corrected chi connectivity index (χ2v) is 5.75. The Morgan fingerprint density at radius 2 is 2.17 bits per heavy atom. The second-order valence-electron chi connectivity index (χ2n) is 5.75. The number of ether oxygens (including phenoxy) is 1. The molecule has 2 rings (SSSR count). The van der Waals surface area contributed by atoms with Gasteiger partial charge in [0.25, 0.3) is 5.69 Å². The fraction of sp³-hybridized carbons (Fsp3) is 0.533. The van der Waals surface area contributed by atoms with E-state index in [9.17, 15) is 19.3 Å². The van der Waals surface area contributed by atoms with Crippen LogP contribution in [0, 0.1) is 21.8 Å². The number of nitro benzene ring substituents is 1. The summed E-state index contributed by atoms with van der Waals surface area (Å²) in [6, 6.07) is 2.20. The largest absolute Gasteiger partial charge is 0.494 e. The number of halogens is 1. The lowest BCUT2D eigenvalue weighted by atomic mass is 9.96. The molecule has 0 radical (unpaired) electrons. The normalized spacial score (nSPS) is 17.7. The molecule has 1 amide bonds. The van der Waals surface area contributed by atoms with Gasteiger partial charge in [0.05, 0.1) is 24.0 Å². The van der Waals surface area contributed by atoms with Crippen molar-refractivity contribution in [1.29, 1.82) is 0 Å². The van der Waals surface area contributed by atoms with Gasteiger partial charge in [-0.2, -0.15) is 0 Å². The summed E-state index contributed by atoms with van der Waals surface area (Å²) < 4.78 is 18.7. The van der Waals surface area contributed by atoms with Crippen LogP contribution in [0.4, 0.5) is 15.8 Å². The van der Waals surface area contributed by atoms with Crippen molar-refractivity contribution in [2.75, 3.05) is 39.2 Å². The zero-order valence-corrected chi connectivity index (χ0v) is 13.4. The minimum Gasteiger partial charge on any atom is -0.494 e. The van der Waals surface area contributed by atoms with Crippen molar-refractivity contribution in [2.45, 2.75) is 12.8 Å².